The number of aromatic nitrogens is 2. The first-order chi connectivity index (χ1) is 13.2. The van der Waals surface area contributed by atoms with Crippen LogP contribution in [0.2, 0.25) is 0 Å². The van der Waals surface area contributed by atoms with Gasteiger partial charge in [-0.3, -0.25) is 4.79 Å². The number of methoxy groups -OCH3 is 1. The van der Waals surface area contributed by atoms with E-state index in [9.17, 15) is 4.79 Å². The van der Waals surface area contributed by atoms with Crippen molar-refractivity contribution in [3.05, 3.63) is 53.1 Å². The number of oxime groups is 1. The number of carbonyl (C=O) groups excluding carboxylic acids is 1. The van der Waals surface area contributed by atoms with Gasteiger partial charge in [0.1, 0.15) is 11.6 Å². The van der Waals surface area contributed by atoms with Gasteiger partial charge in [0.05, 0.1) is 25.1 Å². The minimum atomic E-state index is -0.499. The summed E-state index contributed by atoms with van der Waals surface area (Å²) in [6.07, 6.45) is 3.37. The van der Waals surface area contributed by atoms with Crippen molar-refractivity contribution in [2.24, 2.45) is 5.16 Å². The van der Waals surface area contributed by atoms with Crippen LogP contribution in [-0.2, 0) is 29.1 Å². The van der Waals surface area contributed by atoms with Gasteiger partial charge in [0.25, 0.3) is 5.91 Å². The van der Waals surface area contributed by atoms with Crippen molar-refractivity contribution >= 4 is 11.6 Å². The largest absolute Gasteiger partial charge is 0.497 e. The van der Waals surface area contributed by atoms with Crippen molar-refractivity contribution in [1.82, 2.24) is 14.9 Å². The molecule has 27 heavy (non-hydrogen) atoms. The molecule has 1 atom stereocenters. The van der Waals surface area contributed by atoms with Crippen LogP contribution in [0.4, 0.5) is 0 Å². The summed E-state index contributed by atoms with van der Waals surface area (Å²) in [4.78, 5) is 28.9. The van der Waals surface area contributed by atoms with E-state index in [0.717, 1.165) is 40.5 Å². The van der Waals surface area contributed by atoms with Crippen LogP contribution in [0, 0.1) is 0 Å². The molecule has 0 spiro atoms. The van der Waals surface area contributed by atoms with Gasteiger partial charge in [0.2, 0.25) is 6.10 Å². The smallest absolute Gasteiger partial charge is 0.267 e. The van der Waals surface area contributed by atoms with Gasteiger partial charge in [-0.05, 0) is 24.1 Å². The molecule has 1 amide bonds. The van der Waals surface area contributed by atoms with Crippen molar-refractivity contribution in [3.8, 4) is 5.75 Å². The number of amides is 1. The van der Waals surface area contributed by atoms with Crippen molar-refractivity contribution in [2.45, 2.75) is 45.4 Å². The topological polar surface area (TPSA) is 76.9 Å². The van der Waals surface area contributed by atoms with Crippen molar-refractivity contribution in [2.75, 3.05) is 7.11 Å². The predicted octanol–water partition coefficient (Wildman–Crippen LogP) is 2.47. The van der Waals surface area contributed by atoms with Crippen LogP contribution in [0.5, 0.6) is 5.75 Å². The van der Waals surface area contributed by atoms with E-state index in [1.165, 1.54) is 0 Å². The van der Waals surface area contributed by atoms with Crippen LogP contribution in [0.1, 0.15) is 42.4 Å². The molecule has 1 aromatic carbocycles. The predicted molar refractivity (Wildman–Crippen MR) is 99.3 cm³/mol. The second kappa shape index (κ2) is 7.34. The molecule has 0 bridgehead atoms. The lowest BCUT2D eigenvalue weighted by Crippen LogP contribution is -2.35. The maximum absolute atomic E-state index is 12.7. The lowest BCUT2D eigenvalue weighted by Gasteiger charge is -2.18. The highest BCUT2D eigenvalue weighted by molar-refractivity contribution is 5.92. The summed E-state index contributed by atoms with van der Waals surface area (Å²) in [5, 5.41) is 3.98. The summed E-state index contributed by atoms with van der Waals surface area (Å²) in [6, 6.07) is 7.87. The maximum atomic E-state index is 12.7. The molecule has 2 aromatic rings. The summed E-state index contributed by atoms with van der Waals surface area (Å²) in [5.74, 6) is 1.55. The summed E-state index contributed by atoms with van der Waals surface area (Å²) in [7, 11) is 1.65. The fourth-order valence-corrected chi connectivity index (χ4v) is 3.33. The van der Waals surface area contributed by atoms with Crippen LogP contribution in [-0.4, -0.2) is 39.7 Å². The van der Waals surface area contributed by atoms with Crippen molar-refractivity contribution < 1.29 is 14.4 Å². The number of benzene rings is 1. The molecule has 2 aliphatic heterocycles. The van der Waals surface area contributed by atoms with E-state index >= 15 is 0 Å². The van der Waals surface area contributed by atoms with Gasteiger partial charge in [-0.2, -0.15) is 0 Å². The van der Waals surface area contributed by atoms with E-state index in [0.29, 0.717) is 25.9 Å². The Balaban J connectivity index is 1.41. The molecule has 140 valence electrons. The Kier molecular flexibility index (Phi) is 4.75. The number of carbonyl (C=O) groups is 1. The average molecular weight is 366 g/mol. The third kappa shape index (κ3) is 3.63. The lowest BCUT2D eigenvalue weighted by molar-refractivity contribution is -0.142. The standard InChI is InChI=1S/C20H22N4O3/c1-3-15-9-18(27-23-15)20(25)24-11-14-10-21-19(22-17(14)12-24)8-13-4-6-16(26-2)7-5-13/h4-7,10,18H,3,8-9,11-12H2,1-2H3/t18-/m0/s1. The van der Waals surface area contributed by atoms with Gasteiger partial charge in [-0.25, -0.2) is 9.97 Å². The summed E-state index contributed by atoms with van der Waals surface area (Å²) in [5.41, 5.74) is 3.96. The monoisotopic (exact) mass is 366 g/mol. The molecule has 0 saturated heterocycles. The molecule has 0 unspecified atom stereocenters. The van der Waals surface area contributed by atoms with Crippen molar-refractivity contribution in [1.29, 1.82) is 0 Å². The van der Waals surface area contributed by atoms with Gasteiger partial charge in [-0.15, -0.1) is 0 Å². The third-order valence-electron chi connectivity index (χ3n) is 4.95. The normalized spacial score (nSPS) is 18.1. The highest BCUT2D eigenvalue weighted by Gasteiger charge is 2.34. The van der Waals surface area contributed by atoms with Crippen LogP contribution in [0.15, 0.2) is 35.6 Å². The molecule has 7 nitrogen and oxygen atoms in total. The number of hydrogen-bond donors (Lipinski definition) is 0. The van der Waals surface area contributed by atoms with E-state index in [1.807, 2.05) is 37.4 Å². The molecule has 0 saturated carbocycles. The molecule has 3 heterocycles. The van der Waals surface area contributed by atoms with E-state index in [1.54, 1.807) is 12.0 Å². The van der Waals surface area contributed by atoms with Crippen LogP contribution < -0.4 is 4.74 Å². The molecule has 4 rings (SSSR count). The Labute approximate surface area is 158 Å². The second-order valence-electron chi connectivity index (χ2n) is 6.79. The van der Waals surface area contributed by atoms with Gasteiger partial charge < -0.3 is 14.5 Å². The van der Waals surface area contributed by atoms with E-state index in [2.05, 4.69) is 15.1 Å². The quantitative estimate of drug-likeness (QED) is 0.812. The minimum absolute atomic E-state index is 0.0306. The SMILES string of the molecule is CCC1=NO[C@H](C(=O)N2Cc3cnc(Cc4ccc(OC)cc4)nc3C2)C1. The Morgan fingerprint density at radius 2 is 2.11 bits per heavy atom. The first-order valence-electron chi connectivity index (χ1n) is 9.13. The highest BCUT2D eigenvalue weighted by atomic mass is 16.6. The van der Waals surface area contributed by atoms with E-state index in [4.69, 9.17) is 9.57 Å². The molecule has 0 aliphatic carbocycles. The Morgan fingerprint density at radius 1 is 1.30 bits per heavy atom. The Morgan fingerprint density at radius 3 is 2.81 bits per heavy atom. The maximum Gasteiger partial charge on any atom is 0.267 e. The number of fused-ring (bicyclic) bond motifs is 1. The zero-order valence-electron chi connectivity index (χ0n) is 15.5. The van der Waals surface area contributed by atoms with Gasteiger partial charge in [0, 0.05) is 31.1 Å². The summed E-state index contributed by atoms with van der Waals surface area (Å²) < 4.78 is 5.18. The van der Waals surface area contributed by atoms with Crippen LogP contribution in [0.3, 0.4) is 0 Å². The zero-order valence-corrected chi connectivity index (χ0v) is 15.5. The number of rotatable bonds is 5. The van der Waals surface area contributed by atoms with Crippen LogP contribution >= 0.6 is 0 Å². The summed E-state index contributed by atoms with van der Waals surface area (Å²) >= 11 is 0. The van der Waals surface area contributed by atoms with Gasteiger partial charge >= 0.3 is 0 Å². The number of hydrogen-bond acceptors (Lipinski definition) is 6. The molecule has 7 heteroatoms. The average Bonchev–Trinajstić information content (AvgIpc) is 3.34. The molecule has 1 aromatic heterocycles. The minimum Gasteiger partial charge on any atom is -0.497 e. The Hall–Kier alpha value is -2.96. The molecular formula is C20H22N4O3. The van der Waals surface area contributed by atoms with E-state index < -0.39 is 6.10 Å². The zero-order chi connectivity index (χ0) is 18.8. The fraction of sp³-hybridized carbons (Fsp3) is 0.400. The van der Waals surface area contributed by atoms with Gasteiger partial charge in [0.15, 0.2) is 0 Å². The summed E-state index contributed by atoms with van der Waals surface area (Å²) in [6.45, 7) is 3.03. The third-order valence-corrected chi connectivity index (χ3v) is 4.95. The Bertz CT molecular complexity index is 879. The first kappa shape index (κ1) is 17.5. The molecule has 0 fully saturated rings. The van der Waals surface area contributed by atoms with E-state index in [-0.39, 0.29) is 5.91 Å². The molecule has 0 radical (unpaired) electrons. The highest BCUT2D eigenvalue weighted by Crippen LogP contribution is 2.24. The lowest BCUT2D eigenvalue weighted by atomic mass is 10.1. The van der Waals surface area contributed by atoms with Gasteiger partial charge in [-0.1, -0.05) is 24.2 Å². The number of nitrogens with zero attached hydrogens (tertiary/aromatic N) is 4. The fourth-order valence-electron chi connectivity index (χ4n) is 3.33. The molecule has 0 N–H and O–H groups in total. The van der Waals surface area contributed by atoms with Crippen molar-refractivity contribution in [3.63, 3.8) is 0 Å². The number of ether oxygens (including phenoxy) is 1. The molecule has 2 aliphatic rings. The first-order valence-corrected chi connectivity index (χ1v) is 9.13. The van der Waals surface area contributed by atoms with Crippen LogP contribution in [0.25, 0.3) is 0 Å². The molecular weight excluding hydrogens is 344 g/mol. The second-order valence-corrected chi connectivity index (χ2v) is 6.79.